The molecule has 2 nitrogen and oxygen atoms in total. The summed E-state index contributed by atoms with van der Waals surface area (Å²) < 4.78 is 4.89. The Bertz CT molecular complexity index is 43.8. The Morgan fingerprint density at radius 2 is 2.25 bits per heavy atom. The molecule has 8 heavy (non-hydrogen) atoms. The van der Waals surface area contributed by atoms with Crippen LogP contribution in [0.3, 0.4) is 0 Å². The number of rotatable bonds is 4. The molecular weight excluding hydrogens is 102 g/mol. The highest BCUT2D eigenvalue weighted by atomic mass is 16.5. The fourth-order valence-electron chi connectivity index (χ4n) is 0.567. The van der Waals surface area contributed by atoms with Gasteiger partial charge in [0.1, 0.15) is 0 Å². The van der Waals surface area contributed by atoms with Crippen molar-refractivity contribution in [2.75, 3.05) is 20.8 Å². The van der Waals surface area contributed by atoms with E-state index in [-0.39, 0.29) is 0 Å². The molecule has 0 heterocycles. The van der Waals surface area contributed by atoms with Crippen LogP contribution in [-0.2, 0) is 4.74 Å². The molecule has 0 radical (unpaired) electrons. The van der Waals surface area contributed by atoms with Gasteiger partial charge in [-0.1, -0.05) is 13.3 Å². The Morgan fingerprint density at radius 1 is 1.62 bits per heavy atom. The van der Waals surface area contributed by atoms with E-state index in [1.165, 1.54) is 0 Å². The predicted molar refractivity (Wildman–Crippen MR) is 35.2 cm³/mol. The van der Waals surface area contributed by atoms with Crippen molar-refractivity contribution in [2.45, 2.75) is 19.4 Å². The van der Waals surface area contributed by atoms with E-state index in [2.05, 4.69) is 12.2 Å². The topological polar surface area (TPSA) is 23.3 Å². The van der Waals surface area contributed by atoms with Crippen LogP contribution in [0.5, 0.6) is 0 Å². The molecule has 0 saturated carbocycles. The van der Waals surface area contributed by atoms with Crippen molar-refractivity contribution in [2.24, 2.45) is 0 Å². The van der Waals surface area contributed by atoms with E-state index in [4.69, 9.17) is 4.74 Å². The number of hydrogen-bond donors (Lipinski definition) is 0. The van der Waals surface area contributed by atoms with Gasteiger partial charge < -0.3 is 10.1 Å². The Labute approximate surface area is 51.2 Å². The summed E-state index contributed by atoms with van der Waals surface area (Å²) in [7, 11) is 3.53. The van der Waals surface area contributed by atoms with Gasteiger partial charge in [0, 0.05) is 13.7 Å². The van der Waals surface area contributed by atoms with Gasteiger partial charge in [0.05, 0.1) is 0 Å². The Hall–Kier alpha value is -0.0800. The lowest BCUT2D eigenvalue weighted by molar-refractivity contribution is 0.187. The second-order valence-corrected chi connectivity index (χ2v) is 1.78. The highest BCUT2D eigenvalue weighted by Crippen LogP contribution is 2.00. The van der Waals surface area contributed by atoms with Gasteiger partial charge in [-0.2, -0.15) is 7.05 Å². The zero-order chi connectivity index (χ0) is 6.41. The van der Waals surface area contributed by atoms with Crippen LogP contribution in [0.25, 0.3) is 5.32 Å². The molecule has 1 unspecified atom stereocenters. The van der Waals surface area contributed by atoms with Gasteiger partial charge in [-0.3, -0.25) is 0 Å². The summed E-state index contributed by atoms with van der Waals surface area (Å²) in [6.45, 7) is 2.86. The lowest BCUT2D eigenvalue weighted by Crippen LogP contribution is -2.10. The summed E-state index contributed by atoms with van der Waals surface area (Å²) in [4.78, 5) is 0. The average molecular weight is 116 g/mol. The molecule has 0 fully saturated rings. The zero-order valence-electron chi connectivity index (χ0n) is 5.85. The summed E-state index contributed by atoms with van der Waals surface area (Å²) in [6.07, 6.45) is 1.07. The van der Waals surface area contributed by atoms with Gasteiger partial charge >= 0.3 is 0 Å². The maximum Gasteiger partial charge on any atom is 0.0354 e. The summed E-state index contributed by atoms with van der Waals surface area (Å²) in [5.41, 5.74) is 0. The van der Waals surface area contributed by atoms with Crippen LogP contribution < -0.4 is 0 Å². The second-order valence-electron chi connectivity index (χ2n) is 1.78. The van der Waals surface area contributed by atoms with Crippen molar-refractivity contribution in [3.63, 3.8) is 0 Å². The van der Waals surface area contributed by atoms with Crippen LogP contribution in [0, 0.1) is 0 Å². The molecule has 0 saturated heterocycles. The highest BCUT2D eigenvalue weighted by Gasteiger charge is 1.88. The van der Waals surface area contributed by atoms with E-state index in [9.17, 15) is 0 Å². The summed E-state index contributed by atoms with van der Waals surface area (Å²) in [6, 6.07) is 0.403. The van der Waals surface area contributed by atoms with E-state index >= 15 is 0 Å². The zero-order valence-corrected chi connectivity index (χ0v) is 5.85. The first-order chi connectivity index (χ1) is 3.85. The van der Waals surface area contributed by atoms with Crippen molar-refractivity contribution in [1.29, 1.82) is 0 Å². The minimum Gasteiger partial charge on any atom is -0.660 e. The van der Waals surface area contributed by atoms with Gasteiger partial charge in [0.25, 0.3) is 0 Å². The van der Waals surface area contributed by atoms with E-state index < -0.39 is 0 Å². The second kappa shape index (κ2) is 5.06. The van der Waals surface area contributed by atoms with Gasteiger partial charge in [-0.05, 0) is 0 Å². The molecule has 0 spiro atoms. The molecule has 0 bridgehead atoms. The summed E-state index contributed by atoms with van der Waals surface area (Å²) in [5.74, 6) is 0. The molecule has 0 N–H and O–H groups in total. The fourth-order valence-corrected chi connectivity index (χ4v) is 0.567. The van der Waals surface area contributed by atoms with E-state index in [1.807, 2.05) is 7.05 Å². The van der Waals surface area contributed by atoms with Crippen molar-refractivity contribution in [1.82, 2.24) is 0 Å². The molecule has 0 aromatic carbocycles. The average Bonchev–Trinajstić information content (AvgIpc) is 1.83. The molecule has 0 rings (SSSR count). The molecule has 50 valence electrons. The smallest absolute Gasteiger partial charge is 0.0354 e. The SMILES string of the molecule is CCC(COC)[N-]C. The summed E-state index contributed by atoms with van der Waals surface area (Å²) in [5, 5.41) is 4.07. The van der Waals surface area contributed by atoms with Crippen molar-refractivity contribution >= 4 is 0 Å². The van der Waals surface area contributed by atoms with Crippen molar-refractivity contribution in [3.05, 3.63) is 5.32 Å². The number of likely N-dealkylation sites (N-methyl/N-ethyl adjacent to an activating group) is 1. The molecule has 0 aliphatic carbocycles. The normalized spacial score (nSPS) is 13.9. The third kappa shape index (κ3) is 2.99. The van der Waals surface area contributed by atoms with Gasteiger partial charge in [-0.25, -0.2) is 0 Å². The van der Waals surface area contributed by atoms with Crippen molar-refractivity contribution < 1.29 is 4.74 Å². The molecular formula is C6H14NO-. The lowest BCUT2D eigenvalue weighted by Gasteiger charge is -2.24. The van der Waals surface area contributed by atoms with Crippen LogP contribution in [-0.4, -0.2) is 26.8 Å². The van der Waals surface area contributed by atoms with E-state index in [1.54, 1.807) is 7.11 Å². The Kier molecular flexibility index (Phi) is 5.01. The third-order valence-corrected chi connectivity index (χ3v) is 1.20. The molecule has 2 heteroatoms. The highest BCUT2D eigenvalue weighted by molar-refractivity contribution is 4.83. The van der Waals surface area contributed by atoms with Gasteiger partial charge in [0.2, 0.25) is 0 Å². The van der Waals surface area contributed by atoms with Crippen LogP contribution >= 0.6 is 0 Å². The first-order valence-corrected chi connectivity index (χ1v) is 2.93. The van der Waals surface area contributed by atoms with Gasteiger partial charge in [0.15, 0.2) is 0 Å². The Balaban J connectivity index is 3.07. The number of nitrogens with zero attached hydrogens (tertiary/aromatic N) is 1. The standard InChI is InChI=1S/C6H14NO/c1-4-6(7-2)5-8-3/h6H,4-5H2,1-3H3/q-1. The first kappa shape index (κ1) is 7.92. The molecule has 0 aromatic rings. The van der Waals surface area contributed by atoms with Crippen LogP contribution in [0.15, 0.2) is 0 Å². The quantitative estimate of drug-likeness (QED) is 0.544. The maximum absolute atomic E-state index is 4.89. The van der Waals surface area contributed by atoms with E-state index in [0.717, 1.165) is 13.0 Å². The van der Waals surface area contributed by atoms with Gasteiger partial charge in [-0.15, -0.1) is 6.04 Å². The lowest BCUT2D eigenvalue weighted by atomic mass is 10.2. The number of ether oxygens (including phenoxy) is 1. The van der Waals surface area contributed by atoms with Crippen LogP contribution in [0.1, 0.15) is 13.3 Å². The van der Waals surface area contributed by atoms with E-state index in [0.29, 0.717) is 6.04 Å². The molecule has 0 aliphatic rings. The minimum absolute atomic E-state index is 0.403. The summed E-state index contributed by atoms with van der Waals surface area (Å²) >= 11 is 0. The largest absolute Gasteiger partial charge is 0.660 e. The van der Waals surface area contributed by atoms with Crippen molar-refractivity contribution in [3.8, 4) is 0 Å². The molecule has 0 amide bonds. The third-order valence-electron chi connectivity index (χ3n) is 1.20. The Morgan fingerprint density at radius 3 is 2.38 bits per heavy atom. The predicted octanol–water partition coefficient (Wildman–Crippen LogP) is 1.41. The first-order valence-electron chi connectivity index (χ1n) is 2.93. The molecule has 1 atom stereocenters. The number of methoxy groups -OCH3 is 1. The van der Waals surface area contributed by atoms with Crippen LogP contribution in [0.4, 0.5) is 0 Å². The molecule has 0 aliphatic heterocycles. The monoisotopic (exact) mass is 116 g/mol. The fraction of sp³-hybridized carbons (Fsp3) is 1.00. The molecule has 0 aromatic heterocycles. The number of hydrogen-bond acceptors (Lipinski definition) is 1. The van der Waals surface area contributed by atoms with Crippen LogP contribution in [0.2, 0.25) is 0 Å². The maximum atomic E-state index is 4.89. The minimum atomic E-state index is 0.403.